The fourth-order valence-electron chi connectivity index (χ4n) is 2.92. The number of hydrazone groups is 1. The summed E-state index contributed by atoms with van der Waals surface area (Å²) in [6.45, 7) is 3.60. The predicted octanol–water partition coefficient (Wildman–Crippen LogP) is 3.93. The summed E-state index contributed by atoms with van der Waals surface area (Å²) in [6, 6.07) is 14.5. The highest BCUT2D eigenvalue weighted by atomic mass is 19.1. The van der Waals surface area contributed by atoms with Gasteiger partial charge < -0.3 is 9.88 Å². The first-order chi connectivity index (χ1) is 13.5. The van der Waals surface area contributed by atoms with Gasteiger partial charge in [0, 0.05) is 17.0 Å². The molecule has 7 heteroatoms. The largest absolute Gasteiger partial charge is 0.374 e. The number of para-hydroxylation sites is 2. The van der Waals surface area contributed by atoms with E-state index >= 15 is 0 Å². The van der Waals surface area contributed by atoms with Crippen LogP contribution in [0.5, 0.6) is 0 Å². The monoisotopic (exact) mass is 382 g/mol. The van der Waals surface area contributed by atoms with Gasteiger partial charge in [0.2, 0.25) is 0 Å². The molecule has 144 valence electrons. The van der Waals surface area contributed by atoms with Crippen molar-refractivity contribution in [3.63, 3.8) is 0 Å². The molecule has 1 aromatic heterocycles. The maximum absolute atomic E-state index is 14.1. The molecule has 0 bridgehead atoms. The maximum atomic E-state index is 14.1. The van der Waals surface area contributed by atoms with Crippen molar-refractivity contribution in [3.05, 3.63) is 83.2 Å². The first kappa shape index (κ1) is 19.3. The third-order valence-corrected chi connectivity index (χ3v) is 4.27. The average molecular weight is 382 g/mol. The summed E-state index contributed by atoms with van der Waals surface area (Å²) in [5, 5.41) is 6.65. The van der Waals surface area contributed by atoms with Crippen LogP contribution in [0.25, 0.3) is 5.69 Å². The van der Waals surface area contributed by atoms with Crippen molar-refractivity contribution in [2.45, 2.75) is 13.8 Å². The van der Waals surface area contributed by atoms with Crippen LogP contribution in [0.4, 0.5) is 14.5 Å². The summed E-state index contributed by atoms with van der Waals surface area (Å²) in [5.41, 5.74) is 5.48. The molecule has 0 radical (unpaired) electrons. The number of nitrogens with zero attached hydrogens (tertiary/aromatic N) is 2. The van der Waals surface area contributed by atoms with Crippen LogP contribution < -0.4 is 10.7 Å². The van der Waals surface area contributed by atoms with Gasteiger partial charge in [-0.05, 0) is 44.2 Å². The molecule has 0 atom stereocenters. The van der Waals surface area contributed by atoms with E-state index in [4.69, 9.17) is 0 Å². The van der Waals surface area contributed by atoms with E-state index in [2.05, 4.69) is 15.8 Å². The van der Waals surface area contributed by atoms with E-state index in [0.29, 0.717) is 5.69 Å². The highest BCUT2D eigenvalue weighted by Gasteiger charge is 2.12. The SMILES string of the molecule is Cc1cc(/C=N\NC(=O)CNc2ccccc2F)c(C)n1-c1ccccc1F. The fraction of sp³-hybridized carbons (Fsp3) is 0.143. The van der Waals surface area contributed by atoms with Crippen LogP contribution in [0.1, 0.15) is 17.0 Å². The second-order valence-electron chi connectivity index (χ2n) is 6.24. The van der Waals surface area contributed by atoms with Crippen molar-refractivity contribution in [1.82, 2.24) is 9.99 Å². The number of carbonyl (C=O) groups excluding carboxylic acids is 1. The van der Waals surface area contributed by atoms with Gasteiger partial charge >= 0.3 is 0 Å². The Hall–Kier alpha value is -3.48. The summed E-state index contributed by atoms with van der Waals surface area (Å²) in [5.74, 6) is -1.16. The van der Waals surface area contributed by atoms with Crippen LogP contribution in [-0.2, 0) is 4.79 Å². The molecule has 2 N–H and O–H groups in total. The first-order valence-corrected chi connectivity index (χ1v) is 8.71. The Morgan fingerprint density at radius 3 is 2.46 bits per heavy atom. The summed E-state index contributed by atoms with van der Waals surface area (Å²) >= 11 is 0. The number of aromatic nitrogens is 1. The van der Waals surface area contributed by atoms with Crippen molar-refractivity contribution in [1.29, 1.82) is 0 Å². The van der Waals surface area contributed by atoms with Crippen molar-refractivity contribution >= 4 is 17.8 Å². The molecule has 0 saturated carbocycles. The smallest absolute Gasteiger partial charge is 0.259 e. The Kier molecular flexibility index (Phi) is 5.84. The minimum absolute atomic E-state index is 0.119. The van der Waals surface area contributed by atoms with E-state index in [9.17, 15) is 13.6 Å². The fourth-order valence-corrected chi connectivity index (χ4v) is 2.92. The Morgan fingerprint density at radius 1 is 1.07 bits per heavy atom. The zero-order valence-corrected chi connectivity index (χ0v) is 15.5. The number of carbonyl (C=O) groups is 1. The van der Waals surface area contributed by atoms with Gasteiger partial charge in [-0.1, -0.05) is 24.3 Å². The van der Waals surface area contributed by atoms with E-state index in [1.54, 1.807) is 41.0 Å². The highest BCUT2D eigenvalue weighted by molar-refractivity contribution is 5.85. The molecule has 0 fully saturated rings. The molecule has 0 unspecified atom stereocenters. The number of hydrogen-bond donors (Lipinski definition) is 2. The maximum Gasteiger partial charge on any atom is 0.259 e. The van der Waals surface area contributed by atoms with Gasteiger partial charge in [-0.3, -0.25) is 4.79 Å². The van der Waals surface area contributed by atoms with Crippen LogP contribution in [0.2, 0.25) is 0 Å². The molecule has 28 heavy (non-hydrogen) atoms. The molecular weight excluding hydrogens is 362 g/mol. The number of halogens is 2. The van der Waals surface area contributed by atoms with Gasteiger partial charge in [-0.25, -0.2) is 14.2 Å². The molecule has 5 nitrogen and oxygen atoms in total. The van der Waals surface area contributed by atoms with Crippen molar-refractivity contribution in [3.8, 4) is 5.69 Å². The number of nitrogens with one attached hydrogen (secondary N) is 2. The number of anilines is 1. The second kappa shape index (κ2) is 8.47. The van der Waals surface area contributed by atoms with Crippen LogP contribution in [0.15, 0.2) is 59.7 Å². The predicted molar refractivity (Wildman–Crippen MR) is 106 cm³/mol. The molecule has 0 aliphatic rings. The third kappa shape index (κ3) is 4.25. The normalized spacial score (nSPS) is 11.0. The lowest BCUT2D eigenvalue weighted by atomic mass is 10.2. The van der Waals surface area contributed by atoms with Gasteiger partial charge in [-0.15, -0.1) is 0 Å². The minimum atomic E-state index is -0.431. The lowest BCUT2D eigenvalue weighted by Crippen LogP contribution is -2.26. The summed E-state index contributed by atoms with van der Waals surface area (Å²) < 4.78 is 29.4. The molecule has 1 heterocycles. The number of rotatable bonds is 6. The molecule has 0 aliphatic carbocycles. The molecule has 0 aliphatic heterocycles. The molecule has 0 spiro atoms. The zero-order valence-electron chi connectivity index (χ0n) is 15.5. The number of hydrogen-bond acceptors (Lipinski definition) is 3. The number of aryl methyl sites for hydroxylation is 1. The Balaban J connectivity index is 1.65. The number of amides is 1. The van der Waals surface area contributed by atoms with Crippen molar-refractivity contribution in [2.24, 2.45) is 5.10 Å². The van der Waals surface area contributed by atoms with Gasteiger partial charge in [0.05, 0.1) is 24.1 Å². The molecule has 1 amide bonds. The molecule has 3 aromatic rings. The first-order valence-electron chi connectivity index (χ1n) is 8.71. The zero-order chi connectivity index (χ0) is 20.1. The van der Waals surface area contributed by atoms with Crippen LogP contribution >= 0.6 is 0 Å². The molecule has 0 saturated heterocycles. The Morgan fingerprint density at radius 2 is 1.75 bits per heavy atom. The standard InChI is InChI=1S/C21H20F2N4O/c1-14-11-16(15(2)27(14)20-10-6-4-8-18(20)23)12-25-26-21(28)13-24-19-9-5-3-7-17(19)22/h3-12,24H,13H2,1-2H3,(H,26,28)/b25-12-. The minimum Gasteiger partial charge on any atom is -0.374 e. The van der Waals surface area contributed by atoms with Crippen LogP contribution in [0.3, 0.4) is 0 Å². The molecular formula is C21H20F2N4O. The van der Waals surface area contributed by atoms with E-state index < -0.39 is 11.7 Å². The van der Waals surface area contributed by atoms with Gasteiger partial charge in [0.25, 0.3) is 5.91 Å². The van der Waals surface area contributed by atoms with Crippen molar-refractivity contribution < 1.29 is 13.6 Å². The average Bonchev–Trinajstić information content (AvgIpc) is 2.95. The van der Waals surface area contributed by atoms with Gasteiger partial charge in [0.1, 0.15) is 11.6 Å². The van der Waals surface area contributed by atoms with E-state index in [0.717, 1.165) is 17.0 Å². The highest BCUT2D eigenvalue weighted by Crippen LogP contribution is 2.21. The topological polar surface area (TPSA) is 58.4 Å². The van der Waals surface area contributed by atoms with Gasteiger partial charge in [-0.2, -0.15) is 5.10 Å². The Labute approximate surface area is 161 Å². The van der Waals surface area contributed by atoms with Crippen molar-refractivity contribution in [2.75, 3.05) is 11.9 Å². The Bertz CT molecular complexity index is 1030. The molecule has 3 rings (SSSR count). The van der Waals surface area contributed by atoms with Crippen LogP contribution in [0, 0.1) is 25.5 Å². The summed E-state index contributed by atoms with van der Waals surface area (Å²) in [6.07, 6.45) is 1.50. The summed E-state index contributed by atoms with van der Waals surface area (Å²) in [7, 11) is 0. The van der Waals surface area contributed by atoms with Gasteiger partial charge in [0.15, 0.2) is 0 Å². The van der Waals surface area contributed by atoms with Crippen LogP contribution in [-0.4, -0.2) is 23.2 Å². The lowest BCUT2D eigenvalue weighted by Gasteiger charge is -2.10. The van der Waals surface area contributed by atoms with E-state index in [-0.39, 0.29) is 18.0 Å². The van der Waals surface area contributed by atoms with E-state index in [1.807, 2.05) is 19.9 Å². The quantitative estimate of drug-likeness (QED) is 0.501. The molecule has 2 aromatic carbocycles. The summed E-state index contributed by atoms with van der Waals surface area (Å²) in [4.78, 5) is 11.9. The second-order valence-corrected chi connectivity index (χ2v) is 6.24. The number of benzene rings is 2. The van der Waals surface area contributed by atoms with E-state index in [1.165, 1.54) is 18.3 Å². The third-order valence-electron chi connectivity index (χ3n) is 4.27. The lowest BCUT2D eigenvalue weighted by molar-refractivity contribution is -0.119.